The largest absolute Gasteiger partial charge is 0.480 e. The van der Waals surface area contributed by atoms with E-state index < -0.39 is 11.5 Å². The molecule has 1 fully saturated rings. The molecule has 0 saturated carbocycles. The van der Waals surface area contributed by atoms with Crippen molar-refractivity contribution in [3.63, 3.8) is 0 Å². The molecular formula is C13H17NO3S. The molecule has 2 rings (SSSR count). The summed E-state index contributed by atoms with van der Waals surface area (Å²) in [5, 5.41) is 13.2. The third-order valence-corrected chi connectivity index (χ3v) is 4.48. The predicted molar refractivity (Wildman–Crippen MR) is 69.7 cm³/mol. The summed E-state index contributed by atoms with van der Waals surface area (Å²) in [7, 11) is 0. The van der Waals surface area contributed by atoms with Gasteiger partial charge in [-0.25, -0.2) is 4.79 Å². The molecule has 2 unspecified atom stereocenters. The average molecular weight is 267 g/mol. The third kappa shape index (κ3) is 2.03. The van der Waals surface area contributed by atoms with Gasteiger partial charge in [-0.3, -0.25) is 4.79 Å². The lowest BCUT2D eigenvalue weighted by Gasteiger charge is -2.33. The van der Waals surface area contributed by atoms with Crippen molar-refractivity contribution in [3.8, 4) is 0 Å². The lowest BCUT2D eigenvalue weighted by molar-refractivity contribution is -0.155. The molecule has 2 heterocycles. The number of carboxylic acid groups (broad SMARTS) is 1. The van der Waals surface area contributed by atoms with Crippen molar-refractivity contribution >= 4 is 23.2 Å². The minimum Gasteiger partial charge on any atom is -0.480 e. The minimum absolute atomic E-state index is 0.0872. The molecule has 2 atom stereocenters. The number of hydrogen-bond donors (Lipinski definition) is 1. The standard InChI is InChI=1S/C13H17NO3S/c1-9(10-4-7-18-8-10)11(15)14-6-3-5-13(14,2)12(16)17/h4,7-9H,3,5-6H2,1-2H3,(H,16,17). The van der Waals surface area contributed by atoms with Crippen molar-refractivity contribution in [1.82, 2.24) is 4.90 Å². The summed E-state index contributed by atoms with van der Waals surface area (Å²) in [6, 6.07) is 1.92. The van der Waals surface area contributed by atoms with Crippen LogP contribution in [0.1, 0.15) is 38.2 Å². The summed E-state index contributed by atoms with van der Waals surface area (Å²) in [6.45, 7) is 4.02. The van der Waals surface area contributed by atoms with Gasteiger partial charge in [0.05, 0.1) is 5.92 Å². The highest BCUT2D eigenvalue weighted by Crippen LogP contribution is 2.33. The molecule has 1 aromatic rings. The van der Waals surface area contributed by atoms with E-state index in [1.807, 2.05) is 23.8 Å². The number of carboxylic acids is 1. The first-order valence-corrected chi connectivity index (χ1v) is 6.98. The molecule has 1 saturated heterocycles. The van der Waals surface area contributed by atoms with Crippen molar-refractivity contribution in [3.05, 3.63) is 22.4 Å². The minimum atomic E-state index is -1.04. The maximum absolute atomic E-state index is 12.4. The highest BCUT2D eigenvalue weighted by molar-refractivity contribution is 7.08. The molecule has 5 heteroatoms. The van der Waals surface area contributed by atoms with Gasteiger partial charge in [-0.05, 0) is 49.1 Å². The normalized spacial score (nSPS) is 25.1. The van der Waals surface area contributed by atoms with Crippen LogP contribution in [0.2, 0.25) is 0 Å². The zero-order valence-corrected chi connectivity index (χ0v) is 11.4. The Balaban J connectivity index is 2.21. The summed E-state index contributed by atoms with van der Waals surface area (Å²) in [5.41, 5.74) is -0.0777. The van der Waals surface area contributed by atoms with E-state index in [4.69, 9.17) is 0 Å². The van der Waals surface area contributed by atoms with Crippen LogP contribution >= 0.6 is 11.3 Å². The maximum atomic E-state index is 12.4. The molecule has 1 aliphatic rings. The molecule has 0 bridgehead atoms. The summed E-state index contributed by atoms with van der Waals surface area (Å²) >= 11 is 1.55. The molecular weight excluding hydrogens is 250 g/mol. The summed E-state index contributed by atoms with van der Waals surface area (Å²) in [5.74, 6) is -1.27. The Morgan fingerprint density at radius 3 is 2.83 bits per heavy atom. The van der Waals surface area contributed by atoms with Crippen molar-refractivity contribution in [1.29, 1.82) is 0 Å². The molecule has 0 aliphatic carbocycles. The van der Waals surface area contributed by atoms with Gasteiger partial charge in [0.15, 0.2) is 0 Å². The lowest BCUT2D eigenvalue weighted by atomic mass is 9.96. The SMILES string of the molecule is CC(C(=O)N1CCCC1(C)C(=O)O)c1ccsc1. The number of rotatable bonds is 3. The topological polar surface area (TPSA) is 57.6 Å². The van der Waals surface area contributed by atoms with Crippen LogP contribution < -0.4 is 0 Å². The van der Waals surface area contributed by atoms with Crippen LogP contribution in [-0.2, 0) is 9.59 Å². The number of likely N-dealkylation sites (tertiary alicyclic amines) is 1. The molecule has 1 aromatic heterocycles. The Bertz CT molecular complexity index is 457. The van der Waals surface area contributed by atoms with E-state index in [-0.39, 0.29) is 11.8 Å². The van der Waals surface area contributed by atoms with E-state index in [2.05, 4.69) is 0 Å². The molecule has 1 N–H and O–H groups in total. The van der Waals surface area contributed by atoms with Gasteiger partial charge in [0.25, 0.3) is 0 Å². The van der Waals surface area contributed by atoms with E-state index >= 15 is 0 Å². The van der Waals surface area contributed by atoms with Crippen LogP contribution in [0.5, 0.6) is 0 Å². The van der Waals surface area contributed by atoms with Gasteiger partial charge in [-0.15, -0.1) is 0 Å². The smallest absolute Gasteiger partial charge is 0.329 e. The number of aliphatic carboxylic acids is 1. The third-order valence-electron chi connectivity index (χ3n) is 3.78. The van der Waals surface area contributed by atoms with Crippen molar-refractivity contribution < 1.29 is 14.7 Å². The Labute approximate surface area is 110 Å². The van der Waals surface area contributed by atoms with E-state index in [1.165, 1.54) is 4.90 Å². The molecule has 98 valence electrons. The Kier molecular flexibility index (Phi) is 3.43. The second-order valence-corrected chi connectivity index (χ2v) is 5.73. The van der Waals surface area contributed by atoms with Gasteiger partial charge in [-0.1, -0.05) is 0 Å². The number of carbonyl (C=O) groups is 2. The average Bonchev–Trinajstić information content (AvgIpc) is 2.96. The van der Waals surface area contributed by atoms with E-state index in [1.54, 1.807) is 18.3 Å². The Hall–Kier alpha value is -1.36. The number of thiophene rings is 1. The van der Waals surface area contributed by atoms with Crippen LogP contribution in [0.4, 0.5) is 0 Å². The molecule has 4 nitrogen and oxygen atoms in total. The van der Waals surface area contributed by atoms with Crippen LogP contribution in [0.15, 0.2) is 16.8 Å². The van der Waals surface area contributed by atoms with Gasteiger partial charge >= 0.3 is 5.97 Å². The molecule has 0 radical (unpaired) electrons. The Morgan fingerprint density at radius 2 is 2.28 bits per heavy atom. The zero-order chi connectivity index (χ0) is 13.3. The second-order valence-electron chi connectivity index (χ2n) is 4.95. The van der Waals surface area contributed by atoms with Crippen molar-refractivity contribution in [2.24, 2.45) is 0 Å². The van der Waals surface area contributed by atoms with Crippen molar-refractivity contribution in [2.75, 3.05) is 6.54 Å². The molecule has 1 aliphatic heterocycles. The maximum Gasteiger partial charge on any atom is 0.329 e. The fourth-order valence-electron chi connectivity index (χ4n) is 2.44. The number of carbonyl (C=O) groups excluding carboxylic acids is 1. The fourth-order valence-corrected chi connectivity index (χ4v) is 3.19. The zero-order valence-electron chi connectivity index (χ0n) is 10.5. The first kappa shape index (κ1) is 13.1. The lowest BCUT2D eigenvalue weighted by Crippen LogP contribution is -2.51. The van der Waals surface area contributed by atoms with Crippen LogP contribution in [0, 0.1) is 0 Å². The van der Waals surface area contributed by atoms with Crippen LogP contribution in [0.3, 0.4) is 0 Å². The van der Waals surface area contributed by atoms with Gasteiger partial charge in [0, 0.05) is 6.54 Å². The Morgan fingerprint density at radius 1 is 1.56 bits per heavy atom. The molecule has 0 spiro atoms. The van der Waals surface area contributed by atoms with Crippen molar-refractivity contribution in [2.45, 2.75) is 38.1 Å². The van der Waals surface area contributed by atoms with E-state index in [9.17, 15) is 14.7 Å². The molecule has 18 heavy (non-hydrogen) atoms. The quantitative estimate of drug-likeness (QED) is 0.914. The highest BCUT2D eigenvalue weighted by atomic mass is 32.1. The van der Waals surface area contributed by atoms with E-state index in [0.717, 1.165) is 12.0 Å². The number of hydrogen-bond acceptors (Lipinski definition) is 3. The van der Waals surface area contributed by atoms with Crippen LogP contribution in [0.25, 0.3) is 0 Å². The number of nitrogens with zero attached hydrogens (tertiary/aromatic N) is 1. The summed E-state index contributed by atoms with van der Waals surface area (Å²) in [6.07, 6.45) is 1.29. The van der Waals surface area contributed by atoms with Crippen LogP contribution in [-0.4, -0.2) is 34.0 Å². The first-order valence-electron chi connectivity index (χ1n) is 6.04. The summed E-state index contributed by atoms with van der Waals surface area (Å²) < 4.78 is 0. The first-order chi connectivity index (χ1) is 8.47. The monoisotopic (exact) mass is 267 g/mol. The number of amides is 1. The highest BCUT2D eigenvalue weighted by Gasteiger charge is 2.46. The van der Waals surface area contributed by atoms with E-state index in [0.29, 0.717) is 13.0 Å². The second kappa shape index (κ2) is 4.72. The molecule has 0 aromatic carbocycles. The van der Waals surface area contributed by atoms with Gasteiger partial charge in [0.1, 0.15) is 5.54 Å². The fraction of sp³-hybridized carbons (Fsp3) is 0.538. The van der Waals surface area contributed by atoms with Gasteiger partial charge in [-0.2, -0.15) is 11.3 Å². The predicted octanol–water partition coefficient (Wildman–Crippen LogP) is 2.32. The van der Waals surface area contributed by atoms with Gasteiger partial charge in [0.2, 0.25) is 5.91 Å². The molecule has 1 amide bonds. The summed E-state index contributed by atoms with van der Waals surface area (Å²) in [4.78, 5) is 25.3. The van der Waals surface area contributed by atoms with Gasteiger partial charge < -0.3 is 10.0 Å².